The molecule has 1 aliphatic rings. The van der Waals surface area contributed by atoms with E-state index in [0.717, 1.165) is 67.9 Å². The summed E-state index contributed by atoms with van der Waals surface area (Å²) in [6.45, 7) is 7.26. The van der Waals surface area contributed by atoms with E-state index < -0.39 is 0 Å². The van der Waals surface area contributed by atoms with E-state index in [9.17, 15) is 0 Å². The molecule has 0 bridgehead atoms. The molecule has 172 valence electrons. The topological polar surface area (TPSA) is 67.1 Å². The molecule has 0 unspecified atom stereocenters. The lowest BCUT2D eigenvalue weighted by Crippen LogP contribution is -2.43. The van der Waals surface area contributed by atoms with Crippen LogP contribution in [0.5, 0.6) is 0 Å². The summed E-state index contributed by atoms with van der Waals surface area (Å²) < 4.78 is 2.33. The average molecular weight is 559 g/mol. The van der Waals surface area contributed by atoms with Crippen molar-refractivity contribution in [3.05, 3.63) is 46.5 Å². The van der Waals surface area contributed by atoms with Crippen LogP contribution in [0.1, 0.15) is 56.7 Å². The summed E-state index contributed by atoms with van der Waals surface area (Å²) in [6.07, 6.45) is 7.72. The normalized spacial score (nSPS) is 14.4. The molecule has 3 rings (SSSR count). The largest absolute Gasteiger partial charge is 0.356 e. The maximum atomic E-state index is 6.12. The number of hydrogen-bond acceptors (Lipinski definition) is 3. The SMILES string of the molecule is CN=C(NCCCc1nnc2n1CCCCC2)NCC(C)(C)Cc1cccc(Cl)c1.I. The molecule has 0 fully saturated rings. The van der Waals surface area contributed by atoms with Crippen LogP contribution < -0.4 is 10.6 Å². The first kappa shape index (κ1) is 25.9. The van der Waals surface area contributed by atoms with Gasteiger partial charge >= 0.3 is 0 Å². The molecule has 8 heteroatoms. The van der Waals surface area contributed by atoms with Crippen molar-refractivity contribution in [2.24, 2.45) is 10.4 Å². The predicted octanol–water partition coefficient (Wildman–Crippen LogP) is 4.64. The van der Waals surface area contributed by atoms with Crippen molar-refractivity contribution in [1.82, 2.24) is 25.4 Å². The van der Waals surface area contributed by atoms with Gasteiger partial charge in [-0.2, -0.15) is 0 Å². The Morgan fingerprint density at radius 3 is 2.81 bits per heavy atom. The number of aliphatic imine (C=N–C) groups is 1. The summed E-state index contributed by atoms with van der Waals surface area (Å²) in [7, 11) is 1.82. The number of benzene rings is 1. The van der Waals surface area contributed by atoms with Gasteiger partial charge in [0, 0.05) is 44.5 Å². The first-order valence-corrected chi connectivity index (χ1v) is 11.4. The van der Waals surface area contributed by atoms with Gasteiger partial charge in [-0.15, -0.1) is 34.2 Å². The maximum Gasteiger partial charge on any atom is 0.190 e. The molecule has 0 saturated carbocycles. The number of nitrogens with zero attached hydrogens (tertiary/aromatic N) is 4. The van der Waals surface area contributed by atoms with E-state index in [2.05, 4.69) is 50.3 Å². The molecule has 0 radical (unpaired) electrons. The molecule has 0 saturated heterocycles. The highest BCUT2D eigenvalue weighted by molar-refractivity contribution is 14.0. The van der Waals surface area contributed by atoms with E-state index in [0.29, 0.717) is 0 Å². The van der Waals surface area contributed by atoms with E-state index in [1.165, 1.54) is 24.8 Å². The van der Waals surface area contributed by atoms with Crippen LogP contribution in [0.4, 0.5) is 0 Å². The molecule has 31 heavy (non-hydrogen) atoms. The molecular weight excluding hydrogens is 523 g/mol. The highest BCUT2D eigenvalue weighted by Gasteiger charge is 2.19. The first-order chi connectivity index (χ1) is 14.5. The maximum absolute atomic E-state index is 6.12. The van der Waals surface area contributed by atoms with E-state index in [4.69, 9.17) is 11.6 Å². The van der Waals surface area contributed by atoms with Crippen LogP contribution in [0, 0.1) is 5.41 Å². The van der Waals surface area contributed by atoms with Crippen molar-refractivity contribution < 1.29 is 0 Å². The third-order valence-electron chi connectivity index (χ3n) is 5.59. The van der Waals surface area contributed by atoms with Crippen LogP contribution in [-0.2, 0) is 25.8 Å². The van der Waals surface area contributed by atoms with Crippen LogP contribution >= 0.6 is 35.6 Å². The Morgan fingerprint density at radius 1 is 1.19 bits per heavy atom. The lowest BCUT2D eigenvalue weighted by atomic mass is 9.86. The number of halogens is 2. The minimum atomic E-state index is 0. The highest BCUT2D eigenvalue weighted by atomic mass is 127. The van der Waals surface area contributed by atoms with E-state index in [1.54, 1.807) is 0 Å². The molecule has 0 aliphatic carbocycles. The van der Waals surface area contributed by atoms with E-state index in [-0.39, 0.29) is 29.4 Å². The Morgan fingerprint density at radius 2 is 2.03 bits per heavy atom. The monoisotopic (exact) mass is 558 g/mol. The Bertz CT molecular complexity index is 848. The van der Waals surface area contributed by atoms with Crippen LogP contribution in [0.15, 0.2) is 29.3 Å². The van der Waals surface area contributed by atoms with Crippen LogP contribution in [0.3, 0.4) is 0 Å². The Kier molecular flexibility index (Phi) is 10.6. The molecule has 0 amide bonds. The summed E-state index contributed by atoms with van der Waals surface area (Å²) >= 11 is 6.12. The zero-order valence-electron chi connectivity index (χ0n) is 19.0. The second kappa shape index (κ2) is 12.6. The first-order valence-electron chi connectivity index (χ1n) is 11.1. The molecule has 2 aromatic rings. The summed E-state index contributed by atoms with van der Waals surface area (Å²) in [5, 5.41) is 16.5. The van der Waals surface area contributed by atoms with Crippen LogP contribution in [0.25, 0.3) is 0 Å². The number of aryl methyl sites for hydroxylation is 2. The minimum absolute atomic E-state index is 0. The van der Waals surface area contributed by atoms with Crippen molar-refractivity contribution in [1.29, 1.82) is 0 Å². The second-order valence-corrected chi connectivity index (χ2v) is 9.36. The summed E-state index contributed by atoms with van der Waals surface area (Å²) in [5.74, 6) is 3.13. The molecule has 1 aromatic heterocycles. The summed E-state index contributed by atoms with van der Waals surface area (Å²) in [4.78, 5) is 4.37. The van der Waals surface area contributed by atoms with Crippen LogP contribution in [0.2, 0.25) is 5.02 Å². The second-order valence-electron chi connectivity index (χ2n) is 8.92. The van der Waals surface area contributed by atoms with Gasteiger partial charge in [-0.3, -0.25) is 4.99 Å². The number of fused-ring (bicyclic) bond motifs is 1. The van der Waals surface area contributed by atoms with Gasteiger partial charge in [-0.1, -0.05) is 44.0 Å². The molecule has 2 heterocycles. The van der Waals surface area contributed by atoms with E-state index in [1.807, 2.05) is 25.2 Å². The molecule has 0 spiro atoms. The van der Waals surface area contributed by atoms with Gasteiger partial charge in [-0.25, -0.2) is 0 Å². The highest BCUT2D eigenvalue weighted by Crippen LogP contribution is 2.22. The zero-order valence-corrected chi connectivity index (χ0v) is 22.0. The third-order valence-corrected chi connectivity index (χ3v) is 5.82. The fourth-order valence-electron chi connectivity index (χ4n) is 3.99. The standard InChI is InChI=1S/C23H35ClN6.HI/c1-23(2,16-18-9-7-10-19(24)15-18)17-27-22(25-3)26-13-8-12-21-29-28-20-11-5-4-6-14-30(20)21;/h7,9-10,15H,4-6,8,11-14,16-17H2,1-3H3,(H2,25,26,27);1H. The Labute approximate surface area is 208 Å². The molecule has 0 atom stereocenters. The van der Waals surface area contributed by atoms with Crippen molar-refractivity contribution >= 4 is 41.5 Å². The Hall–Kier alpha value is -1.35. The summed E-state index contributed by atoms with van der Waals surface area (Å²) in [6, 6.07) is 8.10. The van der Waals surface area contributed by atoms with Gasteiger partial charge < -0.3 is 15.2 Å². The molecule has 1 aliphatic heterocycles. The van der Waals surface area contributed by atoms with Crippen molar-refractivity contribution in [2.45, 2.75) is 65.3 Å². The van der Waals surface area contributed by atoms with Gasteiger partial charge in [0.15, 0.2) is 5.96 Å². The Balaban J connectivity index is 0.00000341. The van der Waals surface area contributed by atoms with Gasteiger partial charge in [0.25, 0.3) is 0 Å². The number of hydrogen-bond donors (Lipinski definition) is 2. The molecule has 1 aromatic carbocycles. The number of rotatable bonds is 8. The van der Waals surface area contributed by atoms with Gasteiger partial charge in [0.2, 0.25) is 0 Å². The van der Waals surface area contributed by atoms with Gasteiger partial charge in [-0.05, 0) is 48.8 Å². The molecule has 2 N–H and O–H groups in total. The van der Waals surface area contributed by atoms with Gasteiger partial charge in [0.05, 0.1) is 0 Å². The van der Waals surface area contributed by atoms with E-state index >= 15 is 0 Å². The number of aromatic nitrogens is 3. The van der Waals surface area contributed by atoms with Crippen molar-refractivity contribution in [3.63, 3.8) is 0 Å². The third kappa shape index (κ3) is 8.25. The lowest BCUT2D eigenvalue weighted by molar-refractivity contribution is 0.359. The van der Waals surface area contributed by atoms with Crippen molar-refractivity contribution in [2.75, 3.05) is 20.1 Å². The van der Waals surface area contributed by atoms with Crippen LogP contribution in [-0.4, -0.2) is 40.9 Å². The lowest BCUT2D eigenvalue weighted by Gasteiger charge is -2.26. The molecule has 6 nitrogen and oxygen atoms in total. The molecular formula is C23H36ClIN6. The van der Waals surface area contributed by atoms with Gasteiger partial charge in [0.1, 0.15) is 11.6 Å². The predicted molar refractivity (Wildman–Crippen MR) is 140 cm³/mol. The quantitative estimate of drug-likeness (QED) is 0.214. The minimum Gasteiger partial charge on any atom is -0.356 e. The number of guanidine groups is 1. The number of nitrogens with one attached hydrogen (secondary N) is 2. The average Bonchev–Trinajstić information content (AvgIpc) is 2.93. The smallest absolute Gasteiger partial charge is 0.190 e. The fourth-order valence-corrected chi connectivity index (χ4v) is 4.20. The van der Waals surface area contributed by atoms with Crippen molar-refractivity contribution in [3.8, 4) is 0 Å². The fraction of sp³-hybridized carbons (Fsp3) is 0.609. The summed E-state index contributed by atoms with van der Waals surface area (Å²) in [5.41, 5.74) is 1.34. The zero-order chi connectivity index (χ0) is 21.4.